The molecule has 3 aromatic rings. The molecule has 3 heterocycles. The number of carbonyl (C=O) groups is 1. The lowest BCUT2D eigenvalue weighted by molar-refractivity contribution is 0.102. The van der Waals surface area contributed by atoms with Crippen molar-refractivity contribution >= 4 is 34.8 Å². The number of amides is 1. The van der Waals surface area contributed by atoms with E-state index in [1.807, 2.05) is 12.1 Å². The molecule has 1 aliphatic heterocycles. The van der Waals surface area contributed by atoms with Crippen LogP contribution >= 0.6 is 11.6 Å². The lowest BCUT2D eigenvalue weighted by Crippen LogP contribution is -2.36. The van der Waals surface area contributed by atoms with Crippen molar-refractivity contribution in [3.63, 3.8) is 0 Å². The molecule has 1 N–H and O–H groups in total. The Bertz CT molecular complexity index is 920. The predicted molar refractivity (Wildman–Crippen MR) is 95.4 cm³/mol. The number of morpholine rings is 1. The number of fused-ring (bicyclic) bond motifs is 1. The molecule has 1 saturated heterocycles. The van der Waals surface area contributed by atoms with Crippen LogP contribution in [-0.4, -0.2) is 46.8 Å². The number of halogens is 1. The molecule has 0 radical (unpaired) electrons. The molecule has 1 fully saturated rings. The van der Waals surface area contributed by atoms with Crippen LogP contribution in [0.4, 0.5) is 11.6 Å². The monoisotopic (exact) mass is 357 g/mol. The molecule has 2 aromatic heterocycles. The second kappa shape index (κ2) is 6.70. The molecule has 1 aromatic carbocycles. The van der Waals surface area contributed by atoms with Gasteiger partial charge >= 0.3 is 0 Å². The van der Waals surface area contributed by atoms with Crippen molar-refractivity contribution in [2.45, 2.75) is 0 Å². The molecule has 128 valence electrons. The number of imidazole rings is 1. The molecule has 0 atom stereocenters. The maximum atomic E-state index is 12.3. The van der Waals surface area contributed by atoms with Crippen LogP contribution in [0, 0.1) is 0 Å². The molecule has 1 amide bonds. The number of carbonyl (C=O) groups excluding carboxylic acids is 1. The SMILES string of the molecule is O=C(Nc1cn2nc(N3CCOCC3)ccc2n1)c1ccccc1Cl. The van der Waals surface area contributed by atoms with Gasteiger partial charge in [0.15, 0.2) is 11.5 Å². The highest BCUT2D eigenvalue weighted by atomic mass is 35.5. The summed E-state index contributed by atoms with van der Waals surface area (Å²) in [5.41, 5.74) is 1.06. The van der Waals surface area contributed by atoms with Gasteiger partial charge in [-0.2, -0.15) is 0 Å². The highest BCUT2D eigenvalue weighted by molar-refractivity contribution is 6.34. The van der Waals surface area contributed by atoms with Gasteiger partial charge in [-0.25, -0.2) is 9.50 Å². The third-order valence-corrected chi connectivity index (χ3v) is 4.33. The molecule has 4 rings (SSSR count). The van der Waals surface area contributed by atoms with Gasteiger partial charge in [0.05, 0.1) is 30.0 Å². The smallest absolute Gasteiger partial charge is 0.258 e. The lowest BCUT2D eigenvalue weighted by Gasteiger charge is -2.27. The molecule has 1 aliphatic rings. The number of hydrogen-bond donors (Lipinski definition) is 1. The average Bonchev–Trinajstić information content (AvgIpc) is 3.04. The summed E-state index contributed by atoms with van der Waals surface area (Å²) < 4.78 is 7.02. The summed E-state index contributed by atoms with van der Waals surface area (Å²) in [4.78, 5) is 18.9. The summed E-state index contributed by atoms with van der Waals surface area (Å²) >= 11 is 6.06. The fourth-order valence-electron chi connectivity index (χ4n) is 2.72. The van der Waals surface area contributed by atoms with Gasteiger partial charge in [0.1, 0.15) is 5.82 Å². The third kappa shape index (κ3) is 3.29. The van der Waals surface area contributed by atoms with Crippen LogP contribution in [0.2, 0.25) is 5.02 Å². The minimum Gasteiger partial charge on any atom is -0.378 e. The number of anilines is 2. The zero-order chi connectivity index (χ0) is 17.2. The normalized spacial score (nSPS) is 14.7. The van der Waals surface area contributed by atoms with Crippen molar-refractivity contribution in [3.8, 4) is 0 Å². The van der Waals surface area contributed by atoms with Crippen molar-refractivity contribution in [2.75, 3.05) is 36.5 Å². The molecule has 0 spiro atoms. The minimum absolute atomic E-state index is 0.303. The Kier molecular flexibility index (Phi) is 4.25. The molecular formula is C17H16ClN5O2. The van der Waals surface area contributed by atoms with E-state index in [0.29, 0.717) is 35.3 Å². The van der Waals surface area contributed by atoms with E-state index in [1.54, 1.807) is 35.0 Å². The summed E-state index contributed by atoms with van der Waals surface area (Å²) in [5, 5.41) is 7.72. The first-order valence-electron chi connectivity index (χ1n) is 7.96. The number of nitrogens with one attached hydrogen (secondary N) is 1. The second-order valence-corrected chi connectivity index (χ2v) is 6.06. The van der Waals surface area contributed by atoms with Gasteiger partial charge < -0.3 is 15.0 Å². The highest BCUT2D eigenvalue weighted by Crippen LogP contribution is 2.18. The number of nitrogens with zero attached hydrogens (tertiary/aromatic N) is 4. The van der Waals surface area contributed by atoms with Crippen LogP contribution in [0.1, 0.15) is 10.4 Å². The van der Waals surface area contributed by atoms with E-state index in [1.165, 1.54) is 0 Å². The molecule has 0 saturated carbocycles. The van der Waals surface area contributed by atoms with Crippen molar-refractivity contribution in [1.82, 2.24) is 14.6 Å². The van der Waals surface area contributed by atoms with Gasteiger partial charge in [0, 0.05) is 13.1 Å². The minimum atomic E-state index is -0.303. The van der Waals surface area contributed by atoms with E-state index in [2.05, 4.69) is 20.3 Å². The van der Waals surface area contributed by atoms with E-state index in [9.17, 15) is 4.79 Å². The number of aromatic nitrogens is 3. The summed E-state index contributed by atoms with van der Waals surface area (Å²) in [6.45, 7) is 3.01. The second-order valence-electron chi connectivity index (χ2n) is 5.65. The summed E-state index contributed by atoms with van der Waals surface area (Å²) in [5.74, 6) is 0.983. The molecule has 0 aliphatic carbocycles. The first-order chi connectivity index (χ1) is 12.2. The molecule has 0 bridgehead atoms. The van der Waals surface area contributed by atoms with E-state index >= 15 is 0 Å². The van der Waals surface area contributed by atoms with Crippen LogP contribution in [-0.2, 0) is 4.74 Å². The van der Waals surface area contributed by atoms with E-state index in [-0.39, 0.29) is 5.91 Å². The Morgan fingerprint density at radius 3 is 2.76 bits per heavy atom. The van der Waals surface area contributed by atoms with Crippen LogP contribution < -0.4 is 10.2 Å². The van der Waals surface area contributed by atoms with Crippen molar-refractivity contribution in [2.24, 2.45) is 0 Å². The Balaban J connectivity index is 1.56. The van der Waals surface area contributed by atoms with Gasteiger partial charge in [-0.05, 0) is 24.3 Å². The fraction of sp³-hybridized carbons (Fsp3) is 0.235. The Morgan fingerprint density at radius 2 is 1.96 bits per heavy atom. The van der Waals surface area contributed by atoms with E-state index in [4.69, 9.17) is 16.3 Å². The first-order valence-corrected chi connectivity index (χ1v) is 8.33. The van der Waals surface area contributed by atoms with Crippen LogP contribution in [0.25, 0.3) is 5.65 Å². The van der Waals surface area contributed by atoms with Crippen molar-refractivity contribution < 1.29 is 9.53 Å². The van der Waals surface area contributed by atoms with Crippen LogP contribution in [0.3, 0.4) is 0 Å². The molecule has 7 nitrogen and oxygen atoms in total. The van der Waals surface area contributed by atoms with Gasteiger partial charge in [0.25, 0.3) is 5.91 Å². The fourth-order valence-corrected chi connectivity index (χ4v) is 2.94. The quantitative estimate of drug-likeness (QED) is 0.779. The predicted octanol–water partition coefficient (Wildman–Crippen LogP) is 2.47. The molecule has 25 heavy (non-hydrogen) atoms. The molecular weight excluding hydrogens is 342 g/mol. The Morgan fingerprint density at radius 1 is 1.16 bits per heavy atom. The average molecular weight is 358 g/mol. The summed E-state index contributed by atoms with van der Waals surface area (Å²) in [6, 6.07) is 10.7. The Hall–Kier alpha value is -2.64. The topological polar surface area (TPSA) is 71.8 Å². The standard InChI is InChI=1S/C17H16ClN5O2/c18-13-4-2-1-3-12(13)17(24)20-14-11-23-15(19-14)5-6-16(21-23)22-7-9-25-10-8-22/h1-6,11H,7-10H2,(H,20,24). The molecule has 8 heteroatoms. The van der Waals surface area contributed by atoms with Gasteiger partial charge in [0.2, 0.25) is 0 Å². The number of benzene rings is 1. The Labute approximate surface area is 149 Å². The van der Waals surface area contributed by atoms with Crippen LogP contribution in [0.5, 0.6) is 0 Å². The van der Waals surface area contributed by atoms with Crippen molar-refractivity contribution in [3.05, 3.63) is 53.2 Å². The van der Waals surface area contributed by atoms with Crippen LogP contribution in [0.15, 0.2) is 42.6 Å². The lowest BCUT2D eigenvalue weighted by atomic mass is 10.2. The molecule has 0 unspecified atom stereocenters. The first kappa shape index (κ1) is 15.9. The maximum absolute atomic E-state index is 12.3. The van der Waals surface area contributed by atoms with E-state index < -0.39 is 0 Å². The summed E-state index contributed by atoms with van der Waals surface area (Å²) in [7, 11) is 0. The van der Waals surface area contributed by atoms with Gasteiger partial charge in [-0.1, -0.05) is 23.7 Å². The third-order valence-electron chi connectivity index (χ3n) is 4.00. The van der Waals surface area contributed by atoms with Gasteiger partial charge in [-0.3, -0.25) is 4.79 Å². The zero-order valence-electron chi connectivity index (χ0n) is 13.4. The largest absolute Gasteiger partial charge is 0.378 e. The number of rotatable bonds is 3. The maximum Gasteiger partial charge on any atom is 0.258 e. The van der Waals surface area contributed by atoms with Crippen molar-refractivity contribution in [1.29, 1.82) is 0 Å². The van der Waals surface area contributed by atoms with Gasteiger partial charge in [-0.15, -0.1) is 5.10 Å². The number of ether oxygens (including phenoxy) is 1. The van der Waals surface area contributed by atoms with E-state index in [0.717, 1.165) is 18.9 Å². The zero-order valence-corrected chi connectivity index (χ0v) is 14.1. The summed E-state index contributed by atoms with van der Waals surface area (Å²) in [6.07, 6.45) is 1.69. The highest BCUT2D eigenvalue weighted by Gasteiger charge is 2.15. The number of hydrogen-bond acceptors (Lipinski definition) is 5.